The quantitative estimate of drug-likeness (QED) is 0.364. The molecule has 0 N–H and O–H groups in total. The zero-order chi connectivity index (χ0) is 20.5. The Hall–Kier alpha value is -2.69. The van der Waals surface area contributed by atoms with Crippen molar-refractivity contribution in [3.8, 4) is 0 Å². The van der Waals surface area contributed by atoms with Crippen LogP contribution in [0.15, 0.2) is 66.7 Å². The van der Waals surface area contributed by atoms with Crippen LogP contribution in [0.5, 0.6) is 0 Å². The normalized spacial score (nSPS) is 14.6. The number of allylic oxidation sites excluding steroid dienone is 1. The Morgan fingerprint density at radius 2 is 1.93 bits per heavy atom. The summed E-state index contributed by atoms with van der Waals surface area (Å²) in [4.78, 5) is 3.79. The van der Waals surface area contributed by atoms with E-state index in [9.17, 15) is 4.39 Å². The van der Waals surface area contributed by atoms with E-state index in [-0.39, 0.29) is 5.82 Å². The van der Waals surface area contributed by atoms with Gasteiger partial charge in [0, 0.05) is 48.7 Å². The summed E-state index contributed by atoms with van der Waals surface area (Å²) in [5, 5.41) is 0. The molecule has 1 aliphatic heterocycles. The van der Waals surface area contributed by atoms with Gasteiger partial charge in [-0.15, -0.1) is 11.3 Å². The van der Waals surface area contributed by atoms with Crippen LogP contribution in [0, 0.1) is 12.7 Å². The fourth-order valence-electron chi connectivity index (χ4n) is 4.47. The predicted octanol–water partition coefficient (Wildman–Crippen LogP) is 6.42. The second-order valence-electron chi connectivity index (χ2n) is 8.01. The highest BCUT2D eigenvalue weighted by Crippen LogP contribution is 2.37. The van der Waals surface area contributed by atoms with Crippen molar-refractivity contribution in [2.45, 2.75) is 33.0 Å². The molecule has 0 atom stereocenters. The Bertz CT molecular complexity index is 1200. The number of halogens is 1. The summed E-state index contributed by atoms with van der Waals surface area (Å²) in [7, 11) is 0. The van der Waals surface area contributed by atoms with Gasteiger partial charge in [0.2, 0.25) is 0 Å². The second kappa shape index (κ2) is 8.21. The van der Waals surface area contributed by atoms with E-state index in [1.54, 1.807) is 12.1 Å². The summed E-state index contributed by atoms with van der Waals surface area (Å²) < 4.78 is 17.5. The van der Waals surface area contributed by atoms with Crippen LogP contribution in [0.2, 0.25) is 0 Å². The Morgan fingerprint density at radius 1 is 1.07 bits per heavy atom. The molecule has 0 spiro atoms. The van der Waals surface area contributed by atoms with Gasteiger partial charge in [-0.2, -0.15) is 0 Å². The van der Waals surface area contributed by atoms with E-state index in [2.05, 4.69) is 58.9 Å². The van der Waals surface area contributed by atoms with Gasteiger partial charge in [0.05, 0.1) is 10.2 Å². The van der Waals surface area contributed by atoms with Crippen LogP contribution in [0.3, 0.4) is 0 Å². The molecule has 152 valence electrons. The lowest BCUT2D eigenvalue weighted by atomic mass is 10.1. The number of aromatic nitrogens is 1. The molecule has 2 nitrogen and oxygen atoms in total. The monoisotopic (exact) mass is 416 g/mol. The number of rotatable bonds is 5. The van der Waals surface area contributed by atoms with Crippen LogP contribution in [-0.2, 0) is 26.1 Å². The molecule has 0 saturated heterocycles. The van der Waals surface area contributed by atoms with Gasteiger partial charge in [-0.1, -0.05) is 54.6 Å². The summed E-state index contributed by atoms with van der Waals surface area (Å²) in [6.45, 7) is 5.80. The molecule has 4 aromatic rings. The number of aryl methyl sites for hydroxylation is 1. The van der Waals surface area contributed by atoms with Crippen molar-refractivity contribution in [2.75, 3.05) is 6.54 Å². The number of nitrogens with zero attached hydrogens (tertiary/aromatic N) is 2. The van der Waals surface area contributed by atoms with Crippen molar-refractivity contribution in [1.29, 1.82) is 0 Å². The fourth-order valence-corrected chi connectivity index (χ4v) is 5.54. The molecule has 0 radical (unpaired) electrons. The Balaban J connectivity index is 1.42. The van der Waals surface area contributed by atoms with E-state index < -0.39 is 0 Å². The SMILES string of the molecule is Cc1cc2c(s1)c1c(n2C/C=C/c2ccccc2)CCN(Cc2cccc(F)c2)C1. The van der Waals surface area contributed by atoms with E-state index in [4.69, 9.17) is 0 Å². The second-order valence-corrected chi connectivity index (χ2v) is 9.27. The lowest BCUT2D eigenvalue weighted by Gasteiger charge is -2.28. The molecule has 0 saturated carbocycles. The largest absolute Gasteiger partial charge is 0.340 e. The highest BCUT2D eigenvalue weighted by atomic mass is 32.1. The van der Waals surface area contributed by atoms with Crippen molar-refractivity contribution >= 4 is 27.6 Å². The summed E-state index contributed by atoms with van der Waals surface area (Å²) in [6, 6.07) is 19.8. The molecule has 1 aliphatic rings. The molecule has 0 aliphatic carbocycles. The number of hydrogen-bond donors (Lipinski definition) is 0. The third-order valence-corrected chi connectivity index (χ3v) is 6.91. The third-order valence-electron chi connectivity index (χ3n) is 5.81. The topological polar surface area (TPSA) is 8.17 Å². The van der Waals surface area contributed by atoms with E-state index in [0.29, 0.717) is 0 Å². The maximum Gasteiger partial charge on any atom is 0.123 e. The van der Waals surface area contributed by atoms with Crippen molar-refractivity contribution in [3.05, 3.63) is 99.8 Å². The molecule has 2 aromatic heterocycles. The molecule has 0 amide bonds. The first kappa shape index (κ1) is 19.3. The lowest BCUT2D eigenvalue weighted by molar-refractivity contribution is 0.243. The third kappa shape index (κ3) is 3.85. The minimum Gasteiger partial charge on any atom is -0.340 e. The molecule has 3 heterocycles. The molecule has 30 heavy (non-hydrogen) atoms. The van der Waals surface area contributed by atoms with Crippen LogP contribution in [0.4, 0.5) is 4.39 Å². The van der Waals surface area contributed by atoms with Gasteiger partial charge in [-0.05, 0) is 36.2 Å². The number of thiophene rings is 1. The van der Waals surface area contributed by atoms with Gasteiger partial charge in [0.25, 0.3) is 0 Å². The van der Waals surface area contributed by atoms with Gasteiger partial charge >= 0.3 is 0 Å². The molecular weight excluding hydrogens is 391 g/mol. The molecule has 4 heteroatoms. The van der Waals surface area contributed by atoms with Gasteiger partial charge in [0.15, 0.2) is 0 Å². The van der Waals surface area contributed by atoms with Crippen LogP contribution in [-0.4, -0.2) is 16.0 Å². The Morgan fingerprint density at radius 3 is 2.77 bits per heavy atom. The van der Waals surface area contributed by atoms with Crippen molar-refractivity contribution in [3.63, 3.8) is 0 Å². The molecule has 0 bridgehead atoms. The van der Waals surface area contributed by atoms with Crippen molar-refractivity contribution in [2.24, 2.45) is 0 Å². The highest BCUT2D eigenvalue weighted by Gasteiger charge is 2.25. The van der Waals surface area contributed by atoms with Crippen molar-refractivity contribution < 1.29 is 4.39 Å². The molecule has 0 unspecified atom stereocenters. The fraction of sp³-hybridized carbons (Fsp3) is 0.231. The van der Waals surface area contributed by atoms with E-state index in [1.165, 1.54) is 38.0 Å². The van der Waals surface area contributed by atoms with E-state index in [0.717, 1.165) is 38.2 Å². The zero-order valence-electron chi connectivity index (χ0n) is 17.1. The maximum atomic E-state index is 13.6. The summed E-state index contributed by atoms with van der Waals surface area (Å²) in [5.41, 5.74) is 6.55. The minimum absolute atomic E-state index is 0.155. The van der Waals surface area contributed by atoms with E-state index in [1.807, 2.05) is 23.5 Å². The smallest absolute Gasteiger partial charge is 0.123 e. The van der Waals surface area contributed by atoms with Crippen LogP contribution in [0.25, 0.3) is 16.3 Å². The molecular formula is C26H25FN2S. The Labute approximate surface area is 180 Å². The number of hydrogen-bond acceptors (Lipinski definition) is 2. The van der Waals surface area contributed by atoms with Gasteiger partial charge in [-0.3, -0.25) is 4.90 Å². The van der Waals surface area contributed by atoms with Gasteiger partial charge in [0.1, 0.15) is 5.82 Å². The Kier molecular flexibility index (Phi) is 5.28. The number of fused-ring (bicyclic) bond motifs is 3. The van der Waals surface area contributed by atoms with Crippen molar-refractivity contribution in [1.82, 2.24) is 9.47 Å². The standard InChI is InChI=1S/C26H25FN2S/c1-19-15-25-26(30-19)23-18-28(17-21-9-5-11-22(27)16-21)14-12-24(23)29(25)13-6-10-20-7-3-2-4-8-20/h2-11,15-16H,12-14,17-18H2,1H3/b10-6+. The molecule has 5 rings (SSSR count). The first-order chi connectivity index (χ1) is 14.7. The van der Waals surface area contributed by atoms with Crippen LogP contribution < -0.4 is 0 Å². The van der Waals surface area contributed by atoms with E-state index >= 15 is 0 Å². The lowest BCUT2D eigenvalue weighted by Crippen LogP contribution is -2.30. The maximum absolute atomic E-state index is 13.6. The highest BCUT2D eigenvalue weighted by molar-refractivity contribution is 7.19. The predicted molar refractivity (Wildman–Crippen MR) is 124 cm³/mol. The summed E-state index contributed by atoms with van der Waals surface area (Å²) in [5.74, 6) is -0.155. The zero-order valence-corrected chi connectivity index (χ0v) is 18.0. The van der Waals surface area contributed by atoms with Crippen LogP contribution in [0.1, 0.15) is 27.3 Å². The first-order valence-electron chi connectivity index (χ1n) is 10.5. The average molecular weight is 417 g/mol. The number of benzene rings is 2. The molecule has 0 fully saturated rings. The summed E-state index contributed by atoms with van der Waals surface area (Å²) in [6.07, 6.45) is 5.50. The van der Waals surface area contributed by atoms with Crippen LogP contribution >= 0.6 is 11.3 Å². The van der Waals surface area contributed by atoms with Gasteiger partial charge < -0.3 is 4.57 Å². The minimum atomic E-state index is -0.155. The first-order valence-corrected chi connectivity index (χ1v) is 11.3. The van der Waals surface area contributed by atoms with Gasteiger partial charge in [-0.25, -0.2) is 4.39 Å². The average Bonchev–Trinajstić information content (AvgIpc) is 3.25. The summed E-state index contributed by atoms with van der Waals surface area (Å²) >= 11 is 1.90. The molecule has 2 aromatic carbocycles.